The predicted octanol–water partition coefficient (Wildman–Crippen LogP) is 3.10. The van der Waals surface area contributed by atoms with Gasteiger partial charge in [-0.3, -0.25) is 14.4 Å². The molecule has 3 N–H and O–H groups in total. The molecule has 2 aromatic rings. The molecule has 1 heterocycles. The molecule has 3 amide bonds. The van der Waals surface area contributed by atoms with Crippen molar-refractivity contribution >= 4 is 29.1 Å². The van der Waals surface area contributed by atoms with Gasteiger partial charge in [0, 0.05) is 17.8 Å². The number of nitrogens with one attached hydrogen (secondary N) is 3. The Morgan fingerprint density at radius 3 is 2.57 bits per heavy atom. The quantitative estimate of drug-likeness (QED) is 0.741. The summed E-state index contributed by atoms with van der Waals surface area (Å²) >= 11 is 0. The van der Waals surface area contributed by atoms with Crippen molar-refractivity contribution in [2.45, 2.75) is 32.7 Å². The van der Waals surface area contributed by atoms with Crippen molar-refractivity contribution in [3.63, 3.8) is 0 Å². The van der Waals surface area contributed by atoms with E-state index in [1.165, 1.54) is 18.2 Å². The molecule has 7 heteroatoms. The van der Waals surface area contributed by atoms with E-state index in [4.69, 9.17) is 0 Å². The van der Waals surface area contributed by atoms with Gasteiger partial charge < -0.3 is 16.0 Å². The molecule has 0 aliphatic carbocycles. The first-order valence-electron chi connectivity index (χ1n) is 9.14. The van der Waals surface area contributed by atoms with E-state index < -0.39 is 17.8 Å². The lowest BCUT2D eigenvalue weighted by atomic mass is 10.0. The number of carbonyl (C=O) groups is 3. The topological polar surface area (TPSA) is 87.3 Å². The summed E-state index contributed by atoms with van der Waals surface area (Å²) in [5, 5.41) is 8.20. The Balaban J connectivity index is 1.72. The molecule has 1 aliphatic heterocycles. The van der Waals surface area contributed by atoms with Crippen LogP contribution >= 0.6 is 0 Å². The van der Waals surface area contributed by atoms with Crippen LogP contribution in [0.5, 0.6) is 0 Å². The molecule has 28 heavy (non-hydrogen) atoms. The number of rotatable bonds is 5. The van der Waals surface area contributed by atoms with Crippen LogP contribution in [0.2, 0.25) is 0 Å². The van der Waals surface area contributed by atoms with E-state index in [0.717, 1.165) is 11.3 Å². The molecule has 0 saturated carbocycles. The van der Waals surface area contributed by atoms with Crippen molar-refractivity contribution in [1.82, 2.24) is 5.32 Å². The number of fused-ring (bicyclic) bond motifs is 1. The third kappa shape index (κ3) is 4.36. The smallest absolute Gasteiger partial charge is 0.254 e. The summed E-state index contributed by atoms with van der Waals surface area (Å²) in [6.45, 7) is 3.60. The molecule has 0 bridgehead atoms. The number of benzene rings is 2. The summed E-state index contributed by atoms with van der Waals surface area (Å²) < 4.78 is 13.8. The lowest BCUT2D eigenvalue weighted by Gasteiger charge is -2.23. The summed E-state index contributed by atoms with van der Waals surface area (Å²) in [5.41, 5.74) is 2.15. The van der Waals surface area contributed by atoms with Crippen molar-refractivity contribution in [3.05, 3.63) is 59.4 Å². The maximum atomic E-state index is 13.8. The molecule has 0 aromatic heterocycles. The average Bonchev–Trinajstić information content (AvgIpc) is 2.66. The number of hydrogen-bond donors (Lipinski definition) is 3. The highest BCUT2D eigenvalue weighted by Crippen LogP contribution is 2.26. The van der Waals surface area contributed by atoms with Crippen molar-refractivity contribution in [3.8, 4) is 0 Å². The number of halogens is 1. The zero-order valence-corrected chi connectivity index (χ0v) is 15.7. The van der Waals surface area contributed by atoms with Crippen molar-refractivity contribution in [1.29, 1.82) is 0 Å². The van der Waals surface area contributed by atoms with Gasteiger partial charge in [-0.1, -0.05) is 26.0 Å². The molecule has 1 atom stereocenters. The number of hydrogen-bond acceptors (Lipinski definition) is 3. The minimum absolute atomic E-state index is 0.0278. The van der Waals surface area contributed by atoms with E-state index in [2.05, 4.69) is 16.0 Å². The van der Waals surface area contributed by atoms with Gasteiger partial charge in [0.05, 0.1) is 5.56 Å². The minimum atomic E-state index is -0.831. The van der Waals surface area contributed by atoms with Gasteiger partial charge >= 0.3 is 0 Å². The average molecular weight is 383 g/mol. The maximum Gasteiger partial charge on any atom is 0.254 e. The largest absolute Gasteiger partial charge is 0.340 e. The first-order valence-corrected chi connectivity index (χ1v) is 9.14. The first-order chi connectivity index (χ1) is 13.3. The Labute approximate surface area is 162 Å². The zero-order chi connectivity index (χ0) is 20.3. The fraction of sp³-hybridized carbons (Fsp3) is 0.286. The second kappa shape index (κ2) is 8.21. The monoisotopic (exact) mass is 383 g/mol. The maximum absolute atomic E-state index is 13.8. The molecule has 1 aliphatic rings. The molecule has 0 fully saturated rings. The zero-order valence-electron chi connectivity index (χ0n) is 15.7. The molecule has 0 radical (unpaired) electrons. The predicted molar refractivity (Wildman–Crippen MR) is 105 cm³/mol. The Kier molecular flexibility index (Phi) is 5.73. The van der Waals surface area contributed by atoms with Crippen LogP contribution in [0.3, 0.4) is 0 Å². The Hall–Kier alpha value is -3.22. The van der Waals surface area contributed by atoms with E-state index in [1.54, 1.807) is 32.0 Å². The van der Waals surface area contributed by atoms with Crippen molar-refractivity contribution in [2.75, 3.05) is 10.6 Å². The summed E-state index contributed by atoms with van der Waals surface area (Å²) in [7, 11) is 0. The molecule has 146 valence electrons. The van der Waals surface area contributed by atoms with Crippen LogP contribution in [0.4, 0.5) is 15.8 Å². The van der Waals surface area contributed by atoms with Crippen LogP contribution in [0.1, 0.15) is 36.2 Å². The minimum Gasteiger partial charge on any atom is -0.340 e. The third-order valence-corrected chi connectivity index (χ3v) is 4.62. The molecule has 0 saturated heterocycles. The second-order valence-corrected chi connectivity index (χ2v) is 7.08. The molecule has 6 nitrogen and oxygen atoms in total. The fourth-order valence-electron chi connectivity index (χ4n) is 3.08. The molecular formula is C21H22FN3O3. The lowest BCUT2D eigenvalue weighted by molar-refractivity contribution is -0.119. The van der Waals surface area contributed by atoms with E-state index in [-0.39, 0.29) is 23.3 Å². The molecule has 2 aromatic carbocycles. The highest BCUT2D eigenvalue weighted by Gasteiger charge is 2.26. The van der Waals surface area contributed by atoms with E-state index >= 15 is 0 Å². The molecule has 3 rings (SSSR count). The Morgan fingerprint density at radius 2 is 1.86 bits per heavy atom. The van der Waals surface area contributed by atoms with Gasteiger partial charge in [-0.15, -0.1) is 0 Å². The van der Waals surface area contributed by atoms with Gasteiger partial charge in [-0.05, 0) is 48.2 Å². The Morgan fingerprint density at radius 1 is 1.11 bits per heavy atom. The molecular weight excluding hydrogens is 361 g/mol. The molecule has 0 spiro atoms. The second-order valence-electron chi connectivity index (χ2n) is 7.08. The van der Waals surface area contributed by atoms with Crippen molar-refractivity contribution in [2.24, 2.45) is 5.92 Å². The highest BCUT2D eigenvalue weighted by atomic mass is 19.1. The summed E-state index contributed by atoms with van der Waals surface area (Å²) in [5.74, 6) is -1.90. The fourth-order valence-corrected chi connectivity index (χ4v) is 3.08. The third-order valence-electron chi connectivity index (χ3n) is 4.62. The van der Waals surface area contributed by atoms with Gasteiger partial charge in [0.2, 0.25) is 11.8 Å². The summed E-state index contributed by atoms with van der Waals surface area (Å²) in [4.78, 5) is 36.6. The number of aryl methyl sites for hydroxylation is 1. The lowest BCUT2D eigenvalue weighted by Crippen LogP contribution is -2.47. The van der Waals surface area contributed by atoms with E-state index in [9.17, 15) is 18.8 Å². The van der Waals surface area contributed by atoms with Gasteiger partial charge in [0.25, 0.3) is 5.91 Å². The van der Waals surface area contributed by atoms with E-state index in [1.807, 2.05) is 6.07 Å². The van der Waals surface area contributed by atoms with Crippen LogP contribution in [0, 0.1) is 11.7 Å². The van der Waals surface area contributed by atoms with Gasteiger partial charge in [0.15, 0.2) is 0 Å². The summed E-state index contributed by atoms with van der Waals surface area (Å²) in [6, 6.07) is 10.0. The number of amides is 3. The van der Waals surface area contributed by atoms with Gasteiger partial charge in [0.1, 0.15) is 11.9 Å². The van der Waals surface area contributed by atoms with Crippen molar-refractivity contribution < 1.29 is 18.8 Å². The van der Waals surface area contributed by atoms with E-state index in [0.29, 0.717) is 18.5 Å². The standard InChI is InChI=1S/C21H22FN3O3/c1-12(2)19(25-20(27)15-5-3-4-6-16(15)22)21(28)23-14-8-9-17-13(11-14)7-10-18(26)24-17/h3-6,8-9,11-12,19H,7,10H2,1-2H3,(H,23,28)(H,24,26)(H,25,27). The summed E-state index contributed by atoms with van der Waals surface area (Å²) in [6.07, 6.45) is 1.00. The van der Waals surface area contributed by atoms with Gasteiger partial charge in [-0.25, -0.2) is 4.39 Å². The normalized spacial score (nSPS) is 14.1. The SMILES string of the molecule is CC(C)C(NC(=O)c1ccccc1F)C(=O)Nc1ccc2c(c1)CCC(=O)N2. The number of anilines is 2. The van der Waals surface area contributed by atoms with Crippen LogP contribution in [-0.4, -0.2) is 23.8 Å². The van der Waals surface area contributed by atoms with Gasteiger partial charge in [-0.2, -0.15) is 0 Å². The molecule has 1 unspecified atom stereocenters. The van der Waals surface area contributed by atoms with Crippen LogP contribution in [0.15, 0.2) is 42.5 Å². The van der Waals surface area contributed by atoms with Crippen LogP contribution in [-0.2, 0) is 16.0 Å². The highest BCUT2D eigenvalue weighted by molar-refractivity contribution is 6.02. The Bertz CT molecular complexity index is 927. The van der Waals surface area contributed by atoms with Crippen LogP contribution in [0.25, 0.3) is 0 Å². The number of carbonyl (C=O) groups excluding carboxylic acids is 3. The first kappa shape index (κ1) is 19.5. The van der Waals surface area contributed by atoms with Crippen LogP contribution < -0.4 is 16.0 Å².